The summed E-state index contributed by atoms with van der Waals surface area (Å²) in [6, 6.07) is 5.58. The van der Waals surface area contributed by atoms with Crippen molar-refractivity contribution in [1.82, 2.24) is 0 Å². The molecule has 0 fully saturated rings. The number of carbonyl (C=O) groups excluding carboxylic acids is 1. The maximum Gasteiger partial charge on any atom is 0.151 e. The Labute approximate surface area is 96.0 Å². The summed E-state index contributed by atoms with van der Waals surface area (Å²) in [6.07, 6.45) is 0.373. The summed E-state index contributed by atoms with van der Waals surface area (Å²) in [7, 11) is 0. The van der Waals surface area contributed by atoms with Crippen molar-refractivity contribution in [2.45, 2.75) is 11.3 Å². The lowest BCUT2D eigenvalue weighted by Crippen LogP contribution is -2.04. The van der Waals surface area contributed by atoms with Crippen LogP contribution in [0.3, 0.4) is 0 Å². The van der Waals surface area contributed by atoms with Crippen LogP contribution in [0.2, 0.25) is 0 Å². The van der Waals surface area contributed by atoms with Gasteiger partial charge in [0.15, 0.2) is 5.78 Å². The Bertz CT molecular complexity index is 327. The van der Waals surface area contributed by atoms with Gasteiger partial charge in [0, 0.05) is 15.8 Å². The molecule has 0 spiro atoms. The van der Waals surface area contributed by atoms with Gasteiger partial charge in [-0.1, -0.05) is 22.0 Å². The average molecular weight is 280 g/mol. The highest BCUT2D eigenvalue weighted by atomic mass is 79.9. The zero-order chi connectivity index (χ0) is 9.84. The molecular formula is C9H8BrClOS. The van der Waals surface area contributed by atoms with E-state index in [0.717, 1.165) is 14.9 Å². The molecule has 1 aromatic carbocycles. The van der Waals surface area contributed by atoms with Gasteiger partial charge in [0.25, 0.3) is 0 Å². The summed E-state index contributed by atoms with van der Waals surface area (Å²) in [4.78, 5) is 11.9. The molecule has 0 atom stereocenters. The van der Waals surface area contributed by atoms with Crippen LogP contribution in [-0.4, -0.2) is 11.7 Å². The zero-order valence-electron chi connectivity index (χ0n) is 6.76. The monoisotopic (exact) mass is 278 g/mol. The molecule has 0 aromatic heterocycles. The molecule has 0 saturated heterocycles. The molecule has 1 rings (SSSR count). The second-order valence-electron chi connectivity index (χ2n) is 2.62. The van der Waals surface area contributed by atoms with E-state index in [0.29, 0.717) is 6.42 Å². The second kappa shape index (κ2) is 5.03. The minimum absolute atomic E-state index is 0.0225. The van der Waals surface area contributed by atoms with Gasteiger partial charge in [-0.2, -0.15) is 0 Å². The highest BCUT2D eigenvalue weighted by Gasteiger charge is 2.05. The Balaban J connectivity index is 2.83. The molecule has 4 heteroatoms. The molecule has 0 aliphatic heterocycles. The third kappa shape index (κ3) is 3.33. The molecule has 0 aliphatic carbocycles. The van der Waals surface area contributed by atoms with Gasteiger partial charge in [-0.15, -0.1) is 24.2 Å². The third-order valence-corrected chi connectivity index (χ3v) is 2.89. The number of benzene rings is 1. The molecule has 0 unspecified atom stereocenters. The van der Waals surface area contributed by atoms with E-state index >= 15 is 0 Å². The van der Waals surface area contributed by atoms with E-state index in [-0.39, 0.29) is 11.7 Å². The van der Waals surface area contributed by atoms with Crippen molar-refractivity contribution < 1.29 is 4.79 Å². The lowest BCUT2D eigenvalue weighted by Gasteiger charge is -2.02. The first-order chi connectivity index (χ1) is 6.13. The Hall–Kier alpha value is 0.01000. The van der Waals surface area contributed by atoms with Crippen LogP contribution in [0.1, 0.15) is 5.56 Å². The Morgan fingerprint density at radius 2 is 2.23 bits per heavy atom. The van der Waals surface area contributed by atoms with Crippen LogP contribution in [0.5, 0.6) is 0 Å². The number of thiol groups is 1. The molecule has 0 amide bonds. The Morgan fingerprint density at radius 1 is 1.54 bits per heavy atom. The van der Waals surface area contributed by atoms with E-state index in [1.807, 2.05) is 18.2 Å². The fourth-order valence-corrected chi connectivity index (χ4v) is 1.93. The summed E-state index contributed by atoms with van der Waals surface area (Å²) in [5, 5.41) is 0. The normalized spacial score (nSPS) is 10.1. The van der Waals surface area contributed by atoms with Crippen LogP contribution in [-0.2, 0) is 11.2 Å². The second-order valence-corrected chi connectivity index (χ2v) is 4.26. The maximum absolute atomic E-state index is 11.0. The topological polar surface area (TPSA) is 17.1 Å². The molecule has 0 aliphatic rings. The number of carbonyl (C=O) groups is 1. The van der Waals surface area contributed by atoms with Gasteiger partial charge in [-0.3, -0.25) is 4.79 Å². The molecular weight excluding hydrogens is 272 g/mol. The quantitative estimate of drug-likeness (QED) is 0.665. The number of hydrogen-bond acceptors (Lipinski definition) is 2. The van der Waals surface area contributed by atoms with Crippen molar-refractivity contribution in [1.29, 1.82) is 0 Å². The highest BCUT2D eigenvalue weighted by Crippen LogP contribution is 2.21. The van der Waals surface area contributed by atoms with Gasteiger partial charge in [0.05, 0.1) is 5.88 Å². The molecule has 70 valence electrons. The minimum Gasteiger partial charge on any atom is -0.298 e. The van der Waals surface area contributed by atoms with Crippen molar-refractivity contribution in [3.8, 4) is 0 Å². The summed E-state index contributed by atoms with van der Waals surface area (Å²) < 4.78 is 0.901. The predicted octanol–water partition coefficient (Wildman–Crippen LogP) is 3.09. The fraction of sp³-hybridized carbons (Fsp3) is 0.222. The molecule has 0 saturated carbocycles. The van der Waals surface area contributed by atoms with E-state index in [4.69, 9.17) is 11.6 Å². The first-order valence-electron chi connectivity index (χ1n) is 3.68. The van der Waals surface area contributed by atoms with Crippen LogP contribution in [0.25, 0.3) is 0 Å². The number of rotatable bonds is 3. The number of halogens is 2. The van der Waals surface area contributed by atoms with E-state index in [1.54, 1.807) is 0 Å². The summed E-state index contributed by atoms with van der Waals surface area (Å²) >= 11 is 12.9. The van der Waals surface area contributed by atoms with Crippen LogP contribution in [0.4, 0.5) is 0 Å². The van der Waals surface area contributed by atoms with E-state index in [1.165, 1.54) is 0 Å². The molecule has 13 heavy (non-hydrogen) atoms. The van der Waals surface area contributed by atoms with E-state index in [2.05, 4.69) is 28.6 Å². The van der Waals surface area contributed by atoms with Crippen molar-refractivity contribution in [3.05, 3.63) is 28.2 Å². The van der Waals surface area contributed by atoms with Gasteiger partial charge in [0.2, 0.25) is 0 Å². The molecule has 1 aromatic rings. The Morgan fingerprint density at radius 3 is 2.77 bits per heavy atom. The lowest BCUT2D eigenvalue weighted by molar-refractivity contribution is -0.116. The van der Waals surface area contributed by atoms with Gasteiger partial charge < -0.3 is 0 Å². The van der Waals surface area contributed by atoms with Crippen molar-refractivity contribution in [2.24, 2.45) is 0 Å². The molecule has 0 bridgehead atoms. The van der Waals surface area contributed by atoms with Crippen molar-refractivity contribution >= 4 is 45.9 Å². The summed E-state index contributed by atoms with van der Waals surface area (Å²) in [5.41, 5.74) is 0.948. The number of Topliss-reactive ketones (excluding diaryl/α,β-unsaturated/α-hetero) is 1. The average Bonchev–Trinajstić information content (AvgIpc) is 2.09. The zero-order valence-corrected chi connectivity index (χ0v) is 9.99. The highest BCUT2D eigenvalue weighted by molar-refractivity contribution is 9.10. The van der Waals surface area contributed by atoms with Gasteiger partial charge >= 0.3 is 0 Å². The number of alkyl halides is 1. The summed E-state index contributed by atoms with van der Waals surface area (Å²) in [6.45, 7) is 0. The lowest BCUT2D eigenvalue weighted by atomic mass is 10.1. The van der Waals surface area contributed by atoms with E-state index < -0.39 is 0 Å². The first-order valence-corrected chi connectivity index (χ1v) is 5.46. The predicted molar refractivity (Wildman–Crippen MR) is 60.8 cm³/mol. The van der Waals surface area contributed by atoms with Crippen LogP contribution < -0.4 is 0 Å². The fourth-order valence-electron chi connectivity index (χ4n) is 0.939. The smallest absolute Gasteiger partial charge is 0.151 e. The van der Waals surface area contributed by atoms with Gasteiger partial charge in [-0.05, 0) is 17.7 Å². The van der Waals surface area contributed by atoms with E-state index in [9.17, 15) is 4.79 Å². The molecule has 0 radical (unpaired) electrons. The van der Waals surface area contributed by atoms with Crippen LogP contribution in [0, 0.1) is 0 Å². The van der Waals surface area contributed by atoms with Crippen LogP contribution >= 0.6 is 40.2 Å². The van der Waals surface area contributed by atoms with Gasteiger partial charge in [0.1, 0.15) is 0 Å². The van der Waals surface area contributed by atoms with Crippen molar-refractivity contribution in [2.75, 3.05) is 5.88 Å². The first kappa shape index (κ1) is 11.1. The number of hydrogen-bond donors (Lipinski definition) is 1. The summed E-state index contributed by atoms with van der Waals surface area (Å²) in [5.74, 6) is 0.0870. The van der Waals surface area contributed by atoms with Crippen molar-refractivity contribution in [3.63, 3.8) is 0 Å². The van der Waals surface area contributed by atoms with Gasteiger partial charge in [-0.25, -0.2) is 0 Å². The molecule has 0 heterocycles. The number of ketones is 1. The Kier molecular flexibility index (Phi) is 4.29. The molecule has 0 N–H and O–H groups in total. The molecule has 1 nitrogen and oxygen atoms in total. The standard InChI is InChI=1S/C9H8BrClOS/c10-9-4-8(13)2-1-6(9)3-7(12)5-11/h1-2,4,13H,3,5H2. The maximum atomic E-state index is 11.0. The van der Waals surface area contributed by atoms with Crippen LogP contribution in [0.15, 0.2) is 27.6 Å². The minimum atomic E-state index is 0.0225. The SMILES string of the molecule is O=C(CCl)Cc1ccc(S)cc1Br. The largest absolute Gasteiger partial charge is 0.298 e. The third-order valence-electron chi connectivity index (χ3n) is 1.57.